The Morgan fingerprint density at radius 3 is 3.00 bits per heavy atom. The zero-order valence-electron chi connectivity index (χ0n) is 11.0. The second-order valence-electron chi connectivity index (χ2n) is 4.06. The van der Waals surface area contributed by atoms with E-state index in [-0.39, 0.29) is 6.10 Å². The van der Waals surface area contributed by atoms with E-state index in [4.69, 9.17) is 14.2 Å². The number of nitrogens with one attached hydrogen (secondary N) is 1. The maximum Gasteiger partial charge on any atom is 0.407 e. The molecule has 1 unspecified atom stereocenters. The van der Waals surface area contributed by atoms with E-state index in [2.05, 4.69) is 5.32 Å². The Kier molecular flexibility index (Phi) is 4.28. The van der Waals surface area contributed by atoms with Crippen LogP contribution in [0.15, 0.2) is 30.4 Å². The summed E-state index contributed by atoms with van der Waals surface area (Å²) in [5.74, 6) is 1.37. The highest BCUT2D eigenvalue weighted by Crippen LogP contribution is 2.32. The molecule has 5 heteroatoms. The molecule has 1 fully saturated rings. The average Bonchev–Trinajstić information content (AvgIpc) is 2.85. The number of amides is 1. The van der Waals surface area contributed by atoms with Crippen LogP contribution in [0.5, 0.6) is 11.5 Å². The van der Waals surface area contributed by atoms with Crippen LogP contribution in [0.1, 0.15) is 18.6 Å². The molecule has 1 N–H and O–H groups in total. The monoisotopic (exact) mass is 263 g/mol. The van der Waals surface area contributed by atoms with Gasteiger partial charge < -0.3 is 19.5 Å². The number of carbonyl (C=O) groups excluding carboxylic acids is 1. The summed E-state index contributed by atoms with van der Waals surface area (Å²) in [6.45, 7) is 2.84. The second kappa shape index (κ2) is 6.13. The van der Waals surface area contributed by atoms with Crippen LogP contribution in [0, 0.1) is 0 Å². The zero-order chi connectivity index (χ0) is 13.7. The van der Waals surface area contributed by atoms with Gasteiger partial charge in [0.1, 0.15) is 24.2 Å². The van der Waals surface area contributed by atoms with Crippen LogP contribution in [0.4, 0.5) is 4.79 Å². The van der Waals surface area contributed by atoms with Crippen LogP contribution in [-0.4, -0.2) is 26.4 Å². The number of carbonyl (C=O) groups is 1. The van der Waals surface area contributed by atoms with Crippen LogP contribution in [0.3, 0.4) is 0 Å². The van der Waals surface area contributed by atoms with Crippen molar-refractivity contribution in [3.05, 3.63) is 35.9 Å². The highest BCUT2D eigenvalue weighted by Gasteiger charge is 2.27. The van der Waals surface area contributed by atoms with Crippen LogP contribution in [0.25, 0.3) is 0 Å². The Labute approximate surface area is 112 Å². The largest absolute Gasteiger partial charge is 0.497 e. The Bertz CT molecular complexity index is 484. The van der Waals surface area contributed by atoms with E-state index in [1.165, 1.54) is 0 Å². The molecule has 1 atom stereocenters. The summed E-state index contributed by atoms with van der Waals surface area (Å²) in [6.07, 6.45) is 3.10. The Balaban J connectivity index is 2.22. The molecule has 0 bridgehead atoms. The summed E-state index contributed by atoms with van der Waals surface area (Å²) in [5, 5.41) is 2.63. The van der Waals surface area contributed by atoms with Gasteiger partial charge in [-0.2, -0.15) is 0 Å². The van der Waals surface area contributed by atoms with E-state index >= 15 is 0 Å². The zero-order valence-corrected chi connectivity index (χ0v) is 11.0. The van der Waals surface area contributed by atoms with Crippen molar-refractivity contribution in [2.75, 3.05) is 20.3 Å². The lowest BCUT2D eigenvalue weighted by Crippen LogP contribution is -2.12. The molecule has 1 saturated heterocycles. The molecule has 19 heavy (non-hydrogen) atoms. The minimum absolute atomic E-state index is 0.320. The molecule has 1 aliphatic rings. The smallest absolute Gasteiger partial charge is 0.407 e. The molecule has 2 rings (SSSR count). The Hall–Kier alpha value is -2.17. The first-order chi connectivity index (χ1) is 9.24. The second-order valence-corrected chi connectivity index (χ2v) is 4.06. The molecule has 102 valence electrons. The van der Waals surface area contributed by atoms with E-state index in [0.717, 1.165) is 5.56 Å². The quantitative estimate of drug-likeness (QED) is 0.829. The Morgan fingerprint density at radius 1 is 1.53 bits per heavy atom. The lowest BCUT2D eigenvalue weighted by molar-refractivity contribution is 0.139. The normalized spacial score (nSPS) is 18.2. The lowest BCUT2D eigenvalue weighted by atomic mass is 10.1. The fourth-order valence-corrected chi connectivity index (χ4v) is 1.83. The molecule has 1 aromatic rings. The number of cyclic esters (lactones) is 1. The van der Waals surface area contributed by atoms with Crippen LogP contribution in [-0.2, 0) is 4.74 Å². The van der Waals surface area contributed by atoms with Gasteiger partial charge in [0.05, 0.1) is 13.7 Å². The number of ether oxygens (including phenoxy) is 3. The van der Waals surface area contributed by atoms with Crippen molar-refractivity contribution in [3.8, 4) is 11.5 Å². The maximum atomic E-state index is 11.1. The van der Waals surface area contributed by atoms with Crippen molar-refractivity contribution in [1.29, 1.82) is 0 Å². The first-order valence-corrected chi connectivity index (χ1v) is 6.11. The van der Waals surface area contributed by atoms with Gasteiger partial charge in [-0.15, -0.1) is 0 Å². The van der Waals surface area contributed by atoms with Gasteiger partial charge in [0.2, 0.25) is 0 Å². The summed E-state index contributed by atoms with van der Waals surface area (Å²) in [4.78, 5) is 11.1. The molecule has 5 nitrogen and oxygen atoms in total. The predicted molar refractivity (Wildman–Crippen MR) is 70.5 cm³/mol. The number of hydrogen-bond donors (Lipinski definition) is 1. The summed E-state index contributed by atoms with van der Waals surface area (Å²) >= 11 is 0. The van der Waals surface area contributed by atoms with E-state index in [0.29, 0.717) is 24.7 Å². The summed E-state index contributed by atoms with van der Waals surface area (Å²) in [5.41, 5.74) is 0.837. The minimum atomic E-state index is -0.403. The number of rotatable bonds is 5. The molecule has 1 aliphatic heterocycles. The molecule has 1 aromatic carbocycles. The third-order valence-electron chi connectivity index (χ3n) is 2.82. The van der Waals surface area contributed by atoms with E-state index in [1.54, 1.807) is 13.2 Å². The van der Waals surface area contributed by atoms with Crippen molar-refractivity contribution in [1.82, 2.24) is 5.32 Å². The molecule has 1 heterocycles. The topological polar surface area (TPSA) is 56.8 Å². The van der Waals surface area contributed by atoms with Gasteiger partial charge in [0.15, 0.2) is 0 Å². The summed E-state index contributed by atoms with van der Waals surface area (Å²) in [7, 11) is 1.60. The number of allylic oxidation sites excluding steroid dienone is 1. The molecule has 0 aromatic heterocycles. The SMILES string of the molecule is CC=CCOc1cc(OC)ccc1C1CNC(=O)O1. The van der Waals surface area contributed by atoms with Crippen molar-refractivity contribution in [2.45, 2.75) is 13.0 Å². The number of hydrogen-bond acceptors (Lipinski definition) is 4. The fourth-order valence-electron chi connectivity index (χ4n) is 1.83. The molecule has 1 amide bonds. The van der Waals surface area contributed by atoms with Crippen LogP contribution in [0.2, 0.25) is 0 Å². The van der Waals surface area contributed by atoms with Crippen LogP contribution >= 0.6 is 0 Å². The van der Waals surface area contributed by atoms with E-state index < -0.39 is 6.09 Å². The lowest BCUT2D eigenvalue weighted by Gasteiger charge is -2.15. The summed E-state index contributed by atoms with van der Waals surface area (Å²) < 4.78 is 16.0. The fraction of sp³-hybridized carbons (Fsp3) is 0.357. The van der Waals surface area contributed by atoms with E-state index in [1.807, 2.05) is 31.2 Å². The molecule has 0 radical (unpaired) electrons. The number of alkyl carbamates (subject to hydrolysis) is 1. The molecular weight excluding hydrogens is 246 g/mol. The van der Waals surface area contributed by atoms with E-state index in [9.17, 15) is 4.79 Å². The van der Waals surface area contributed by atoms with Gasteiger partial charge in [0, 0.05) is 11.6 Å². The van der Waals surface area contributed by atoms with Gasteiger partial charge in [0.25, 0.3) is 0 Å². The van der Waals surface area contributed by atoms with Gasteiger partial charge in [-0.05, 0) is 19.1 Å². The number of benzene rings is 1. The third-order valence-corrected chi connectivity index (χ3v) is 2.82. The highest BCUT2D eigenvalue weighted by atomic mass is 16.6. The first-order valence-electron chi connectivity index (χ1n) is 6.11. The predicted octanol–water partition coefficient (Wildman–Crippen LogP) is 2.43. The van der Waals surface area contributed by atoms with Gasteiger partial charge in [-0.3, -0.25) is 0 Å². The van der Waals surface area contributed by atoms with Crippen molar-refractivity contribution < 1.29 is 19.0 Å². The van der Waals surface area contributed by atoms with Crippen molar-refractivity contribution in [2.24, 2.45) is 0 Å². The van der Waals surface area contributed by atoms with Gasteiger partial charge in [-0.1, -0.05) is 12.2 Å². The molecular formula is C14H17NO4. The maximum absolute atomic E-state index is 11.1. The van der Waals surface area contributed by atoms with Gasteiger partial charge in [-0.25, -0.2) is 4.79 Å². The number of methoxy groups -OCH3 is 1. The van der Waals surface area contributed by atoms with Crippen LogP contribution < -0.4 is 14.8 Å². The molecule has 0 aliphatic carbocycles. The first kappa shape index (κ1) is 13.3. The highest BCUT2D eigenvalue weighted by molar-refractivity contribution is 5.70. The summed E-state index contributed by atoms with van der Waals surface area (Å²) in [6, 6.07) is 5.48. The standard InChI is InChI=1S/C14H17NO4/c1-3-4-7-18-12-8-10(17-2)5-6-11(12)13-9-15-14(16)19-13/h3-6,8,13H,7,9H2,1-2H3,(H,15,16). The van der Waals surface area contributed by atoms with Crippen molar-refractivity contribution in [3.63, 3.8) is 0 Å². The van der Waals surface area contributed by atoms with Crippen molar-refractivity contribution >= 4 is 6.09 Å². The third kappa shape index (κ3) is 3.19. The van der Waals surface area contributed by atoms with Gasteiger partial charge >= 0.3 is 6.09 Å². The molecule has 0 spiro atoms. The average molecular weight is 263 g/mol. The Morgan fingerprint density at radius 2 is 2.37 bits per heavy atom. The minimum Gasteiger partial charge on any atom is -0.497 e. The molecule has 0 saturated carbocycles.